The van der Waals surface area contributed by atoms with Crippen LogP contribution in [-0.4, -0.2) is 28.8 Å². The molecule has 1 aromatic heterocycles. The van der Waals surface area contributed by atoms with Crippen molar-refractivity contribution in [1.82, 2.24) is 10.2 Å². The molecule has 7 nitrogen and oxygen atoms in total. The zero-order chi connectivity index (χ0) is 15.2. The minimum absolute atomic E-state index is 0.175. The molecule has 0 radical (unpaired) electrons. The Morgan fingerprint density at radius 3 is 2.33 bits per heavy atom. The molecule has 0 aliphatic heterocycles. The predicted octanol–water partition coefficient (Wildman–Crippen LogP) is 3.01. The van der Waals surface area contributed by atoms with Gasteiger partial charge in [0, 0.05) is 11.4 Å². The highest BCUT2D eigenvalue weighted by molar-refractivity contribution is 7.17. The van der Waals surface area contributed by atoms with Crippen LogP contribution >= 0.6 is 22.9 Å². The van der Waals surface area contributed by atoms with Crippen LogP contribution < -0.4 is 10.6 Å². The van der Waals surface area contributed by atoms with E-state index in [0.717, 1.165) is 11.3 Å². The molecule has 0 saturated carbocycles. The van der Waals surface area contributed by atoms with Gasteiger partial charge in [0.05, 0.1) is 6.61 Å². The van der Waals surface area contributed by atoms with Crippen molar-refractivity contribution >= 4 is 46.3 Å². The van der Waals surface area contributed by atoms with E-state index in [-0.39, 0.29) is 9.47 Å². The number of rotatable bonds is 4. The third kappa shape index (κ3) is 4.40. The summed E-state index contributed by atoms with van der Waals surface area (Å²) >= 11 is 6.60. The molecule has 0 fully saturated rings. The van der Waals surface area contributed by atoms with Gasteiger partial charge < -0.3 is 10.1 Å². The van der Waals surface area contributed by atoms with E-state index in [2.05, 4.69) is 20.8 Å². The third-order valence-electron chi connectivity index (χ3n) is 2.26. The van der Waals surface area contributed by atoms with Gasteiger partial charge in [0.15, 0.2) is 0 Å². The van der Waals surface area contributed by atoms with E-state index < -0.39 is 12.0 Å². The number of halogens is 1. The van der Waals surface area contributed by atoms with Crippen LogP contribution in [-0.2, 0) is 4.74 Å². The van der Waals surface area contributed by atoms with Crippen LogP contribution in [0.1, 0.15) is 16.7 Å². The van der Waals surface area contributed by atoms with Crippen LogP contribution in [0.2, 0.25) is 4.47 Å². The average Bonchev–Trinajstić information content (AvgIpc) is 2.88. The number of aromatic nitrogens is 2. The molecule has 1 aromatic carbocycles. The van der Waals surface area contributed by atoms with Gasteiger partial charge in [0.25, 0.3) is 5.91 Å². The molecular formula is C12H11ClN4O3S. The van der Waals surface area contributed by atoms with Crippen LogP contribution in [0.15, 0.2) is 24.3 Å². The molecule has 0 saturated heterocycles. The SMILES string of the molecule is CCOC(=O)Nc1ccc(NC(=O)c2nnc(Cl)s2)cc1. The molecule has 21 heavy (non-hydrogen) atoms. The summed E-state index contributed by atoms with van der Waals surface area (Å²) in [5, 5.41) is 12.6. The average molecular weight is 327 g/mol. The Bertz CT molecular complexity index is 644. The molecule has 0 atom stereocenters. The first kappa shape index (κ1) is 15.2. The number of amides is 2. The Hall–Kier alpha value is -2.19. The lowest BCUT2D eigenvalue weighted by Gasteiger charge is -2.06. The van der Waals surface area contributed by atoms with Gasteiger partial charge in [-0.15, -0.1) is 10.2 Å². The van der Waals surface area contributed by atoms with Crippen molar-refractivity contribution in [2.75, 3.05) is 17.2 Å². The molecule has 2 amide bonds. The van der Waals surface area contributed by atoms with Crippen LogP contribution in [0.5, 0.6) is 0 Å². The summed E-state index contributed by atoms with van der Waals surface area (Å²) in [6.07, 6.45) is -0.530. The molecule has 0 aliphatic rings. The Morgan fingerprint density at radius 2 is 1.81 bits per heavy atom. The fourth-order valence-electron chi connectivity index (χ4n) is 1.40. The fraction of sp³-hybridized carbons (Fsp3) is 0.167. The van der Waals surface area contributed by atoms with Crippen molar-refractivity contribution in [3.8, 4) is 0 Å². The molecular weight excluding hydrogens is 316 g/mol. The number of nitrogens with one attached hydrogen (secondary N) is 2. The van der Waals surface area contributed by atoms with E-state index in [1.54, 1.807) is 31.2 Å². The third-order valence-corrected chi connectivity index (χ3v) is 3.28. The van der Waals surface area contributed by atoms with Crippen molar-refractivity contribution < 1.29 is 14.3 Å². The molecule has 0 aliphatic carbocycles. The van der Waals surface area contributed by atoms with Crippen LogP contribution in [0.3, 0.4) is 0 Å². The van der Waals surface area contributed by atoms with Gasteiger partial charge in [-0.3, -0.25) is 10.1 Å². The zero-order valence-corrected chi connectivity index (χ0v) is 12.5. The molecule has 110 valence electrons. The molecule has 0 unspecified atom stereocenters. The smallest absolute Gasteiger partial charge is 0.411 e. The zero-order valence-electron chi connectivity index (χ0n) is 10.9. The summed E-state index contributed by atoms with van der Waals surface area (Å²) in [4.78, 5) is 23.1. The highest BCUT2D eigenvalue weighted by Gasteiger charge is 2.12. The molecule has 0 bridgehead atoms. The van der Waals surface area contributed by atoms with E-state index in [9.17, 15) is 9.59 Å². The minimum atomic E-state index is -0.530. The van der Waals surface area contributed by atoms with E-state index >= 15 is 0 Å². The van der Waals surface area contributed by atoms with Gasteiger partial charge in [0.2, 0.25) is 9.47 Å². The number of hydrogen-bond acceptors (Lipinski definition) is 6. The van der Waals surface area contributed by atoms with E-state index in [1.807, 2.05) is 0 Å². The monoisotopic (exact) mass is 326 g/mol. The van der Waals surface area contributed by atoms with Crippen molar-refractivity contribution in [3.63, 3.8) is 0 Å². The lowest BCUT2D eigenvalue weighted by Crippen LogP contribution is -2.14. The summed E-state index contributed by atoms with van der Waals surface area (Å²) in [7, 11) is 0. The lowest BCUT2D eigenvalue weighted by atomic mass is 10.3. The molecule has 2 N–H and O–H groups in total. The van der Waals surface area contributed by atoms with Gasteiger partial charge >= 0.3 is 6.09 Å². The molecule has 1 heterocycles. The highest BCUT2D eigenvalue weighted by atomic mass is 35.5. The minimum Gasteiger partial charge on any atom is -0.450 e. The number of carbonyl (C=O) groups is 2. The number of carbonyl (C=O) groups excluding carboxylic acids is 2. The van der Waals surface area contributed by atoms with Gasteiger partial charge in [-0.25, -0.2) is 4.79 Å². The summed E-state index contributed by atoms with van der Waals surface area (Å²) in [5.74, 6) is -0.398. The van der Waals surface area contributed by atoms with E-state index in [4.69, 9.17) is 16.3 Å². The second-order valence-corrected chi connectivity index (χ2v) is 5.30. The van der Waals surface area contributed by atoms with Gasteiger partial charge in [0.1, 0.15) is 0 Å². The van der Waals surface area contributed by atoms with Gasteiger partial charge in [-0.1, -0.05) is 11.3 Å². The number of nitrogens with zero attached hydrogens (tertiary/aromatic N) is 2. The summed E-state index contributed by atoms with van der Waals surface area (Å²) in [6, 6.07) is 6.56. The standard InChI is InChI=1S/C12H11ClN4O3S/c1-2-20-12(19)15-8-5-3-7(4-6-8)14-9(18)10-16-17-11(13)21-10/h3-6H,2H2,1H3,(H,14,18)(H,15,19). The summed E-state index contributed by atoms with van der Waals surface area (Å²) in [5.41, 5.74) is 1.12. The number of hydrogen-bond donors (Lipinski definition) is 2. The first-order chi connectivity index (χ1) is 10.1. The maximum Gasteiger partial charge on any atom is 0.411 e. The maximum atomic E-state index is 11.8. The van der Waals surface area contributed by atoms with Crippen LogP contribution in [0.4, 0.5) is 16.2 Å². The normalized spacial score (nSPS) is 10.0. The van der Waals surface area contributed by atoms with Crippen molar-refractivity contribution in [2.45, 2.75) is 6.92 Å². The molecule has 0 spiro atoms. The number of ether oxygens (including phenoxy) is 1. The van der Waals surface area contributed by atoms with Crippen LogP contribution in [0.25, 0.3) is 0 Å². The van der Waals surface area contributed by atoms with Crippen molar-refractivity contribution in [3.05, 3.63) is 33.7 Å². The first-order valence-corrected chi connectivity index (χ1v) is 7.12. The summed E-state index contributed by atoms with van der Waals surface area (Å²) in [6.45, 7) is 2.02. The van der Waals surface area contributed by atoms with E-state index in [0.29, 0.717) is 18.0 Å². The van der Waals surface area contributed by atoms with Crippen molar-refractivity contribution in [2.24, 2.45) is 0 Å². The number of benzene rings is 1. The van der Waals surface area contributed by atoms with Gasteiger partial charge in [-0.05, 0) is 42.8 Å². The Morgan fingerprint density at radius 1 is 1.19 bits per heavy atom. The largest absolute Gasteiger partial charge is 0.450 e. The first-order valence-electron chi connectivity index (χ1n) is 5.92. The second-order valence-electron chi connectivity index (χ2n) is 3.74. The van der Waals surface area contributed by atoms with Crippen LogP contribution in [0, 0.1) is 0 Å². The molecule has 2 aromatic rings. The number of anilines is 2. The lowest BCUT2D eigenvalue weighted by molar-refractivity contribution is 0.102. The quantitative estimate of drug-likeness (QED) is 0.900. The fourth-order valence-corrected chi connectivity index (χ4v) is 2.13. The Kier molecular flexibility index (Phi) is 5.07. The maximum absolute atomic E-state index is 11.8. The Balaban J connectivity index is 1.96. The molecule has 9 heteroatoms. The second kappa shape index (κ2) is 7.00. The van der Waals surface area contributed by atoms with Crippen molar-refractivity contribution in [1.29, 1.82) is 0 Å². The summed E-state index contributed by atoms with van der Waals surface area (Å²) < 4.78 is 4.96. The van der Waals surface area contributed by atoms with Gasteiger partial charge in [-0.2, -0.15) is 0 Å². The van der Waals surface area contributed by atoms with E-state index in [1.165, 1.54) is 0 Å². The Labute approximate surface area is 129 Å². The highest BCUT2D eigenvalue weighted by Crippen LogP contribution is 2.18. The topological polar surface area (TPSA) is 93.2 Å². The predicted molar refractivity (Wildman–Crippen MR) is 80.0 cm³/mol. The molecule has 2 rings (SSSR count).